The Morgan fingerprint density at radius 3 is 2.54 bits per heavy atom. The molecule has 7 nitrogen and oxygen atoms in total. The third kappa shape index (κ3) is 3.46. The molecule has 0 amide bonds. The maximum Gasteiger partial charge on any atom is 0.160 e. The van der Waals surface area contributed by atoms with Gasteiger partial charge in [-0.25, -0.2) is 9.97 Å². The summed E-state index contributed by atoms with van der Waals surface area (Å²) in [5.74, 6) is 1.51. The first-order valence-corrected chi connectivity index (χ1v) is 8.38. The normalized spacial score (nSPS) is 12.0. The molecular weight excluding hydrogens is 326 g/mol. The van der Waals surface area contributed by atoms with Gasteiger partial charge < -0.3 is 14.5 Å². The second-order valence-corrected chi connectivity index (χ2v) is 6.03. The number of nitrogens with one attached hydrogen (secondary N) is 1. The van der Waals surface area contributed by atoms with Crippen molar-refractivity contribution in [3.63, 3.8) is 0 Å². The highest BCUT2D eigenvalue weighted by molar-refractivity contribution is 5.51. The fourth-order valence-corrected chi connectivity index (χ4v) is 2.84. The van der Waals surface area contributed by atoms with Crippen LogP contribution in [0.2, 0.25) is 0 Å². The van der Waals surface area contributed by atoms with E-state index in [9.17, 15) is 0 Å². The van der Waals surface area contributed by atoms with Crippen LogP contribution in [-0.4, -0.2) is 29.3 Å². The Kier molecular flexibility index (Phi) is 4.42. The zero-order valence-corrected chi connectivity index (χ0v) is 14.4. The number of anilines is 1. The van der Waals surface area contributed by atoms with Gasteiger partial charge >= 0.3 is 0 Å². The summed E-state index contributed by atoms with van der Waals surface area (Å²) < 4.78 is 3.96. The molecule has 0 aliphatic rings. The van der Waals surface area contributed by atoms with Crippen LogP contribution in [0.4, 0.5) is 5.82 Å². The molecule has 0 radical (unpaired) electrons. The molecule has 1 atom stereocenters. The number of nitrogens with zero attached hydrogens (tertiary/aromatic N) is 6. The minimum atomic E-state index is 0.0544. The summed E-state index contributed by atoms with van der Waals surface area (Å²) >= 11 is 0. The Bertz CT molecular complexity index is 943. The van der Waals surface area contributed by atoms with Crippen molar-refractivity contribution in [1.82, 2.24) is 29.3 Å². The Hall–Kier alpha value is -3.48. The van der Waals surface area contributed by atoms with Crippen LogP contribution < -0.4 is 5.32 Å². The first-order chi connectivity index (χ1) is 12.8. The summed E-state index contributed by atoms with van der Waals surface area (Å²) in [5.41, 5.74) is 1.92. The summed E-state index contributed by atoms with van der Waals surface area (Å²) in [7, 11) is 1.94. The number of imidazole rings is 2. The molecule has 0 bridgehead atoms. The molecule has 0 unspecified atom stereocenters. The van der Waals surface area contributed by atoms with Crippen LogP contribution in [-0.2, 0) is 13.6 Å². The fraction of sp³-hybridized carbons (Fsp3) is 0.158. The number of aromatic nitrogens is 6. The zero-order chi connectivity index (χ0) is 17.8. The third-order valence-electron chi connectivity index (χ3n) is 4.19. The predicted octanol–water partition coefficient (Wildman–Crippen LogP) is 2.93. The highest BCUT2D eigenvalue weighted by Gasteiger charge is 2.13. The summed E-state index contributed by atoms with van der Waals surface area (Å²) in [4.78, 5) is 8.43. The molecule has 0 saturated heterocycles. The van der Waals surface area contributed by atoms with Crippen LogP contribution in [0.15, 0.2) is 73.6 Å². The lowest BCUT2D eigenvalue weighted by molar-refractivity contribution is 0.604. The first kappa shape index (κ1) is 16.0. The van der Waals surface area contributed by atoms with Gasteiger partial charge in [0, 0.05) is 38.4 Å². The minimum Gasteiger partial charge on any atom is -0.360 e. The molecule has 1 N–H and O–H groups in total. The van der Waals surface area contributed by atoms with Gasteiger partial charge in [-0.15, -0.1) is 10.2 Å². The van der Waals surface area contributed by atoms with Crippen LogP contribution in [0.25, 0.3) is 11.5 Å². The minimum absolute atomic E-state index is 0.0544. The molecule has 4 aromatic rings. The van der Waals surface area contributed by atoms with Gasteiger partial charge in [-0.05, 0) is 17.7 Å². The van der Waals surface area contributed by atoms with Crippen molar-refractivity contribution in [1.29, 1.82) is 0 Å². The molecule has 0 spiro atoms. The molecule has 3 heterocycles. The van der Waals surface area contributed by atoms with Gasteiger partial charge in [-0.3, -0.25) is 0 Å². The van der Waals surface area contributed by atoms with E-state index in [-0.39, 0.29) is 6.04 Å². The van der Waals surface area contributed by atoms with Gasteiger partial charge in [0.05, 0.1) is 12.4 Å². The lowest BCUT2D eigenvalue weighted by Crippen LogP contribution is -2.18. The molecule has 3 aromatic heterocycles. The van der Waals surface area contributed by atoms with Crippen LogP contribution in [0.3, 0.4) is 0 Å². The maximum absolute atomic E-state index is 4.33. The average Bonchev–Trinajstić information content (AvgIpc) is 3.34. The van der Waals surface area contributed by atoms with E-state index in [1.54, 1.807) is 12.4 Å². The first-order valence-electron chi connectivity index (χ1n) is 8.38. The van der Waals surface area contributed by atoms with E-state index in [4.69, 9.17) is 0 Å². The van der Waals surface area contributed by atoms with Crippen molar-refractivity contribution in [3.8, 4) is 11.5 Å². The summed E-state index contributed by atoms with van der Waals surface area (Å²) in [6.07, 6.45) is 9.18. The predicted molar refractivity (Wildman–Crippen MR) is 99.3 cm³/mol. The molecule has 4 rings (SSSR count). The van der Waals surface area contributed by atoms with Crippen molar-refractivity contribution in [2.24, 2.45) is 7.05 Å². The van der Waals surface area contributed by atoms with Gasteiger partial charge in [-0.2, -0.15) is 0 Å². The van der Waals surface area contributed by atoms with Crippen LogP contribution in [0.1, 0.15) is 11.6 Å². The van der Waals surface area contributed by atoms with E-state index in [2.05, 4.69) is 37.6 Å². The molecular formula is C19H19N7. The molecule has 0 aliphatic carbocycles. The second-order valence-electron chi connectivity index (χ2n) is 6.03. The topological polar surface area (TPSA) is 73.5 Å². The lowest BCUT2D eigenvalue weighted by atomic mass is 10.1. The Labute approximate surface area is 151 Å². The van der Waals surface area contributed by atoms with Crippen molar-refractivity contribution in [3.05, 3.63) is 79.1 Å². The Morgan fingerprint density at radius 2 is 1.88 bits per heavy atom. The number of hydrogen-bond donors (Lipinski definition) is 1. The number of hydrogen-bond acceptors (Lipinski definition) is 5. The lowest BCUT2D eigenvalue weighted by Gasteiger charge is -2.20. The molecule has 0 saturated carbocycles. The third-order valence-corrected chi connectivity index (χ3v) is 4.19. The van der Waals surface area contributed by atoms with Gasteiger partial charge in [0.1, 0.15) is 11.5 Å². The van der Waals surface area contributed by atoms with Crippen molar-refractivity contribution in [2.45, 2.75) is 12.6 Å². The number of benzene rings is 1. The van der Waals surface area contributed by atoms with Gasteiger partial charge in [-0.1, -0.05) is 30.3 Å². The van der Waals surface area contributed by atoms with Gasteiger partial charge in [0.15, 0.2) is 5.82 Å². The quantitative estimate of drug-likeness (QED) is 0.582. The Morgan fingerprint density at radius 1 is 1.00 bits per heavy atom. The number of rotatable bonds is 6. The standard InChI is InChI=1S/C19H19N7/c1-25-11-10-21-19(25)16-7-8-18(24-23-16)22-17(13-26-12-9-20-14-26)15-5-3-2-4-6-15/h2-12,14,17H,13H2,1H3,(H,22,24)/t17-/m0/s1. The molecule has 0 aliphatic heterocycles. The van der Waals surface area contributed by atoms with Crippen LogP contribution >= 0.6 is 0 Å². The average molecular weight is 345 g/mol. The summed E-state index contributed by atoms with van der Waals surface area (Å²) in [6, 6.07) is 14.2. The van der Waals surface area contributed by atoms with Crippen LogP contribution in [0, 0.1) is 0 Å². The maximum atomic E-state index is 4.33. The Balaban J connectivity index is 1.56. The molecule has 0 fully saturated rings. The highest BCUT2D eigenvalue weighted by Crippen LogP contribution is 2.21. The second kappa shape index (κ2) is 7.18. The largest absolute Gasteiger partial charge is 0.360 e. The van der Waals surface area contributed by atoms with E-state index in [1.165, 1.54) is 5.56 Å². The smallest absolute Gasteiger partial charge is 0.160 e. The molecule has 26 heavy (non-hydrogen) atoms. The molecule has 1 aromatic carbocycles. The van der Waals surface area contributed by atoms with E-state index >= 15 is 0 Å². The molecule has 130 valence electrons. The van der Waals surface area contributed by atoms with E-state index in [0.717, 1.165) is 23.9 Å². The zero-order valence-electron chi connectivity index (χ0n) is 14.4. The highest BCUT2D eigenvalue weighted by atomic mass is 15.2. The molecule has 7 heteroatoms. The van der Waals surface area contributed by atoms with Crippen molar-refractivity contribution in [2.75, 3.05) is 5.32 Å². The number of aryl methyl sites for hydroxylation is 1. The monoisotopic (exact) mass is 345 g/mol. The SMILES string of the molecule is Cn1ccnc1-c1ccc(N[C@@H](Cn2ccnc2)c2ccccc2)nn1. The van der Waals surface area contributed by atoms with E-state index < -0.39 is 0 Å². The summed E-state index contributed by atoms with van der Waals surface area (Å²) in [5, 5.41) is 12.1. The van der Waals surface area contributed by atoms with Gasteiger partial charge in [0.2, 0.25) is 0 Å². The van der Waals surface area contributed by atoms with Crippen molar-refractivity contribution < 1.29 is 0 Å². The summed E-state index contributed by atoms with van der Waals surface area (Å²) in [6.45, 7) is 0.743. The fourth-order valence-electron chi connectivity index (χ4n) is 2.84. The van der Waals surface area contributed by atoms with E-state index in [0.29, 0.717) is 0 Å². The van der Waals surface area contributed by atoms with Crippen LogP contribution in [0.5, 0.6) is 0 Å². The van der Waals surface area contributed by atoms with Gasteiger partial charge in [0.25, 0.3) is 0 Å². The van der Waals surface area contributed by atoms with E-state index in [1.807, 2.05) is 65.2 Å². The van der Waals surface area contributed by atoms with Crippen molar-refractivity contribution >= 4 is 5.82 Å².